The Kier molecular flexibility index (Phi) is 6.47. The number of aryl methyl sites for hydroxylation is 1. The van der Waals surface area contributed by atoms with Gasteiger partial charge in [0.25, 0.3) is 5.91 Å². The molecule has 5 heteroatoms. The van der Waals surface area contributed by atoms with Gasteiger partial charge in [0.05, 0.1) is 6.54 Å². The molecule has 1 amide bonds. The van der Waals surface area contributed by atoms with Crippen LogP contribution in [0.1, 0.15) is 12.5 Å². The predicted molar refractivity (Wildman–Crippen MR) is 93.9 cm³/mol. The van der Waals surface area contributed by atoms with Crippen LogP contribution < -0.4 is 14.8 Å². The van der Waals surface area contributed by atoms with Crippen LogP contribution in [0.4, 0.5) is 0 Å². The molecular weight excluding hydrogens is 358 g/mol. The number of carbonyl (C=O) groups is 1. The third kappa shape index (κ3) is 5.94. The smallest absolute Gasteiger partial charge is 0.260 e. The molecule has 0 fully saturated rings. The van der Waals surface area contributed by atoms with E-state index in [0.717, 1.165) is 15.8 Å². The normalized spacial score (nSPS) is 11.6. The van der Waals surface area contributed by atoms with Gasteiger partial charge in [-0.3, -0.25) is 4.79 Å². The topological polar surface area (TPSA) is 47.6 Å². The van der Waals surface area contributed by atoms with Gasteiger partial charge in [-0.05, 0) is 55.8 Å². The number of hydrogen-bond acceptors (Lipinski definition) is 3. The molecule has 4 nitrogen and oxygen atoms in total. The largest absolute Gasteiger partial charge is 0.492 e. The SMILES string of the molecule is Cc1cccc(OCCNC(=O)[C@H](C)Oc2ccc(Br)cc2)c1. The zero-order valence-corrected chi connectivity index (χ0v) is 14.8. The van der Waals surface area contributed by atoms with E-state index in [0.29, 0.717) is 18.9 Å². The first-order valence-corrected chi connectivity index (χ1v) is 8.23. The number of ether oxygens (including phenoxy) is 2. The van der Waals surface area contributed by atoms with E-state index in [9.17, 15) is 4.79 Å². The van der Waals surface area contributed by atoms with E-state index in [-0.39, 0.29) is 5.91 Å². The molecule has 0 heterocycles. The third-order valence-corrected chi connectivity index (χ3v) is 3.68. The van der Waals surface area contributed by atoms with Crippen LogP contribution in [-0.4, -0.2) is 25.2 Å². The number of benzene rings is 2. The van der Waals surface area contributed by atoms with Crippen LogP contribution in [0.15, 0.2) is 53.0 Å². The number of hydrogen-bond donors (Lipinski definition) is 1. The van der Waals surface area contributed by atoms with Gasteiger partial charge in [-0.15, -0.1) is 0 Å². The average molecular weight is 378 g/mol. The van der Waals surface area contributed by atoms with Crippen molar-refractivity contribution in [3.05, 3.63) is 58.6 Å². The van der Waals surface area contributed by atoms with E-state index >= 15 is 0 Å². The zero-order chi connectivity index (χ0) is 16.7. The summed E-state index contributed by atoms with van der Waals surface area (Å²) in [6.07, 6.45) is -0.560. The Labute approximate surface area is 144 Å². The lowest BCUT2D eigenvalue weighted by Crippen LogP contribution is -2.38. The Balaban J connectivity index is 1.70. The summed E-state index contributed by atoms with van der Waals surface area (Å²) >= 11 is 3.36. The summed E-state index contributed by atoms with van der Waals surface area (Å²) < 4.78 is 12.1. The first kappa shape index (κ1) is 17.3. The van der Waals surface area contributed by atoms with E-state index in [1.54, 1.807) is 6.92 Å². The summed E-state index contributed by atoms with van der Waals surface area (Å²) in [5.41, 5.74) is 1.14. The molecule has 0 aliphatic carbocycles. The van der Waals surface area contributed by atoms with Crippen molar-refractivity contribution in [1.82, 2.24) is 5.32 Å². The molecule has 0 aliphatic heterocycles. The van der Waals surface area contributed by atoms with Crippen molar-refractivity contribution in [3.8, 4) is 11.5 Å². The van der Waals surface area contributed by atoms with Crippen molar-refractivity contribution < 1.29 is 14.3 Å². The van der Waals surface area contributed by atoms with Crippen molar-refractivity contribution in [1.29, 1.82) is 0 Å². The van der Waals surface area contributed by atoms with E-state index in [1.807, 2.05) is 55.5 Å². The second-order valence-electron chi connectivity index (χ2n) is 5.17. The van der Waals surface area contributed by atoms with Gasteiger partial charge in [-0.25, -0.2) is 0 Å². The number of rotatable bonds is 7. The first-order valence-electron chi connectivity index (χ1n) is 7.44. The molecule has 0 aliphatic rings. The predicted octanol–water partition coefficient (Wildman–Crippen LogP) is 3.72. The van der Waals surface area contributed by atoms with Crippen LogP contribution in [0.3, 0.4) is 0 Å². The highest BCUT2D eigenvalue weighted by molar-refractivity contribution is 9.10. The zero-order valence-electron chi connectivity index (χ0n) is 13.2. The van der Waals surface area contributed by atoms with Crippen LogP contribution in [-0.2, 0) is 4.79 Å². The first-order chi connectivity index (χ1) is 11.0. The quantitative estimate of drug-likeness (QED) is 0.747. The van der Waals surface area contributed by atoms with Crippen molar-refractivity contribution in [2.75, 3.05) is 13.2 Å². The number of carbonyl (C=O) groups excluding carboxylic acids is 1. The molecule has 0 saturated carbocycles. The molecule has 2 aromatic carbocycles. The molecule has 0 spiro atoms. The van der Waals surface area contributed by atoms with Gasteiger partial charge < -0.3 is 14.8 Å². The van der Waals surface area contributed by atoms with Gasteiger partial charge in [0.1, 0.15) is 18.1 Å². The highest BCUT2D eigenvalue weighted by Crippen LogP contribution is 2.17. The summed E-state index contributed by atoms with van der Waals surface area (Å²) in [4.78, 5) is 12.0. The monoisotopic (exact) mass is 377 g/mol. The lowest BCUT2D eigenvalue weighted by atomic mass is 10.2. The third-order valence-electron chi connectivity index (χ3n) is 3.16. The summed E-state index contributed by atoms with van der Waals surface area (Å²) in [6, 6.07) is 15.2. The average Bonchev–Trinajstić information content (AvgIpc) is 2.53. The fourth-order valence-electron chi connectivity index (χ4n) is 1.96. The summed E-state index contributed by atoms with van der Waals surface area (Å²) in [7, 11) is 0. The van der Waals surface area contributed by atoms with Gasteiger partial charge in [0, 0.05) is 4.47 Å². The minimum absolute atomic E-state index is 0.166. The maximum absolute atomic E-state index is 12.0. The molecule has 122 valence electrons. The Bertz CT molecular complexity index is 643. The molecule has 0 unspecified atom stereocenters. The molecule has 1 N–H and O–H groups in total. The molecule has 0 radical (unpaired) electrons. The van der Waals surface area contributed by atoms with Crippen LogP contribution in [0.5, 0.6) is 11.5 Å². The fraction of sp³-hybridized carbons (Fsp3) is 0.278. The van der Waals surface area contributed by atoms with Crippen LogP contribution in [0.25, 0.3) is 0 Å². The number of nitrogens with one attached hydrogen (secondary N) is 1. The maximum Gasteiger partial charge on any atom is 0.260 e. The standard InChI is InChI=1S/C18H20BrNO3/c1-13-4-3-5-17(12-13)22-11-10-20-18(21)14(2)23-16-8-6-15(19)7-9-16/h3-9,12,14H,10-11H2,1-2H3,(H,20,21)/t14-/m0/s1. The molecule has 1 atom stereocenters. The lowest BCUT2D eigenvalue weighted by Gasteiger charge is -2.15. The summed E-state index contributed by atoms with van der Waals surface area (Å²) in [5.74, 6) is 1.30. The Morgan fingerprint density at radius 2 is 1.91 bits per heavy atom. The van der Waals surface area contributed by atoms with Gasteiger partial charge >= 0.3 is 0 Å². The molecule has 0 bridgehead atoms. The van der Waals surface area contributed by atoms with Crippen molar-refractivity contribution in [2.45, 2.75) is 20.0 Å². The number of amides is 1. The van der Waals surface area contributed by atoms with Crippen molar-refractivity contribution >= 4 is 21.8 Å². The van der Waals surface area contributed by atoms with Crippen LogP contribution >= 0.6 is 15.9 Å². The molecule has 2 aromatic rings. The van der Waals surface area contributed by atoms with Gasteiger partial charge in [0.2, 0.25) is 0 Å². The molecule has 0 aromatic heterocycles. The minimum Gasteiger partial charge on any atom is -0.492 e. The van der Waals surface area contributed by atoms with Gasteiger partial charge in [-0.2, -0.15) is 0 Å². The van der Waals surface area contributed by atoms with Crippen molar-refractivity contribution in [2.24, 2.45) is 0 Å². The molecule has 23 heavy (non-hydrogen) atoms. The van der Waals surface area contributed by atoms with E-state index in [4.69, 9.17) is 9.47 Å². The summed E-state index contributed by atoms with van der Waals surface area (Å²) in [5, 5.41) is 2.80. The maximum atomic E-state index is 12.0. The highest BCUT2D eigenvalue weighted by atomic mass is 79.9. The molecular formula is C18H20BrNO3. The second-order valence-corrected chi connectivity index (χ2v) is 6.09. The van der Waals surface area contributed by atoms with E-state index < -0.39 is 6.10 Å². The highest BCUT2D eigenvalue weighted by Gasteiger charge is 2.13. The summed E-state index contributed by atoms with van der Waals surface area (Å²) in [6.45, 7) is 4.58. The Hall–Kier alpha value is -2.01. The van der Waals surface area contributed by atoms with Gasteiger partial charge in [-0.1, -0.05) is 28.1 Å². The van der Waals surface area contributed by atoms with E-state index in [2.05, 4.69) is 21.2 Å². The van der Waals surface area contributed by atoms with Crippen LogP contribution in [0, 0.1) is 6.92 Å². The van der Waals surface area contributed by atoms with Crippen molar-refractivity contribution in [3.63, 3.8) is 0 Å². The molecule has 2 rings (SSSR count). The number of halogens is 1. The van der Waals surface area contributed by atoms with E-state index in [1.165, 1.54) is 0 Å². The second kappa shape index (κ2) is 8.58. The molecule has 0 saturated heterocycles. The van der Waals surface area contributed by atoms with Gasteiger partial charge in [0.15, 0.2) is 6.10 Å². The minimum atomic E-state index is -0.560. The van der Waals surface area contributed by atoms with Crippen LogP contribution in [0.2, 0.25) is 0 Å². The Morgan fingerprint density at radius 3 is 2.61 bits per heavy atom. The fourth-order valence-corrected chi connectivity index (χ4v) is 2.23. The lowest BCUT2D eigenvalue weighted by molar-refractivity contribution is -0.127. The Morgan fingerprint density at radius 1 is 1.17 bits per heavy atom.